The molecule has 3 atom stereocenters. The molecule has 2 saturated carbocycles. The van der Waals surface area contributed by atoms with Gasteiger partial charge in [0, 0.05) is 17.4 Å². The number of alkyl halides is 3. The topological polar surface area (TPSA) is 105 Å². The molecule has 0 saturated heterocycles. The number of methoxy groups -OCH3 is 1. The second-order valence-corrected chi connectivity index (χ2v) is 9.70. The highest BCUT2D eigenvalue weighted by Crippen LogP contribution is 2.57. The summed E-state index contributed by atoms with van der Waals surface area (Å²) in [5.74, 6) is -0.820. The molecule has 2 aliphatic carbocycles. The van der Waals surface area contributed by atoms with Crippen molar-refractivity contribution in [2.45, 2.75) is 35.9 Å². The van der Waals surface area contributed by atoms with Gasteiger partial charge in [-0.1, -0.05) is 6.07 Å². The van der Waals surface area contributed by atoms with Gasteiger partial charge in [-0.15, -0.1) is 0 Å². The zero-order valence-electron chi connectivity index (χ0n) is 16.9. The molecule has 0 radical (unpaired) electrons. The molecule has 0 aromatic heterocycles. The average Bonchev–Trinajstić information content (AvgIpc) is 2.72. The van der Waals surface area contributed by atoms with Gasteiger partial charge < -0.3 is 15.2 Å². The number of carbonyl (C=O) groups is 1. The van der Waals surface area contributed by atoms with Crippen molar-refractivity contribution in [3.05, 3.63) is 48.0 Å². The molecular formula is C21H21F3N2O5S. The molecule has 3 unspecified atom stereocenters. The van der Waals surface area contributed by atoms with Crippen molar-refractivity contribution in [3.8, 4) is 5.75 Å². The van der Waals surface area contributed by atoms with Crippen LogP contribution in [0.15, 0.2) is 47.4 Å². The monoisotopic (exact) mass is 470 g/mol. The molecule has 32 heavy (non-hydrogen) atoms. The van der Waals surface area contributed by atoms with E-state index in [2.05, 4.69) is 10.0 Å². The van der Waals surface area contributed by atoms with Crippen molar-refractivity contribution in [1.29, 1.82) is 0 Å². The summed E-state index contributed by atoms with van der Waals surface area (Å²) in [6, 6.07) is 7.66. The number of ether oxygens (including phenoxy) is 1. The fraction of sp³-hybridized carbons (Fsp3) is 0.381. The van der Waals surface area contributed by atoms with Crippen molar-refractivity contribution < 1.29 is 36.2 Å². The summed E-state index contributed by atoms with van der Waals surface area (Å²) < 4.78 is 71.5. The Balaban J connectivity index is 1.52. The molecule has 7 nitrogen and oxygen atoms in total. The van der Waals surface area contributed by atoms with E-state index in [1.807, 2.05) is 0 Å². The molecule has 11 heteroatoms. The van der Waals surface area contributed by atoms with Crippen LogP contribution in [0.25, 0.3) is 0 Å². The van der Waals surface area contributed by atoms with Gasteiger partial charge in [-0.2, -0.15) is 13.2 Å². The van der Waals surface area contributed by atoms with Crippen LogP contribution in [0.5, 0.6) is 5.75 Å². The molecule has 1 amide bonds. The van der Waals surface area contributed by atoms with E-state index in [1.165, 1.54) is 31.4 Å². The first-order valence-electron chi connectivity index (χ1n) is 9.85. The molecule has 0 spiro atoms. The zero-order chi connectivity index (χ0) is 23.3. The van der Waals surface area contributed by atoms with E-state index in [-0.39, 0.29) is 33.8 Å². The largest absolute Gasteiger partial charge is 0.495 e. The van der Waals surface area contributed by atoms with Gasteiger partial charge in [-0.3, -0.25) is 9.52 Å². The fourth-order valence-electron chi connectivity index (χ4n) is 4.25. The van der Waals surface area contributed by atoms with E-state index >= 15 is 0 Å². The average molecular weight is 470 g/mol. The molecule has 172 valence electrons. The smallest absolute Gasteiger partial charge is 0.416 e. The molecule has 0 bridgehead atoms. The summed E-state index contributed by atoms with van der Waals surface area (Å²) in [5, 5.41) is 13.1. The number of fused-ring (bicyclic) bond motifs is 1. The van der Waals surface area contributed by atoms with Crippen LogP contribution in [0.4, 0.5) is 24.5 Å². The highest BCUT2D eigenvalue weighted by Gasteiger charge is 2.62. The maximum Gasteiger partial charge on any atom is 0.416 e. The molecular weight excluding hydrogens is 449 g/mol. The number of sulfonamides is 1. The van der Waals surface area contributed by atoms with E-state index in [9.17, 15) is 31.5 Å². The van der Waals surface area contributed by atoms with Gasteiger partial charge in [0.15, 0.2) is 0 Å². The van der Waals surface area contributed by atoms with Gasteiger partial charge in [0.25, 0.3) is 10.0 Å². The number of carbonyl (C=O) groups excluding carboxylic acids is 1. The van der Waals surface area contributed by atoms with Gasteiger partial charge in [-0.25, -0.2) is 8.42 Å². The third-order valence-electron chi connectivity index (χ3n) is 6.20. The van der Waals surface area contributed by atoms with Gasteiger partial charge in [0.1, 0.15) is 10.6 Å². The lowest BCUT2D eigenvalue weighted by molar-refractivity contribution is -0.212. The minimum atomic E-state index is -4.62. The number of hydrogen-bond donors (Lipinski definition) is 3. The van der Waals surface area contributed by atoms with E-state index in [0.717, 1.165) is 18.6 Å². The Morgan fingerprint density at radius 1 is 1.19 bits per heavy atom. The van der Waals surface area contributed by atoms with Crippen LogP contribution in [0.1, 0.15) is 24.8 Å². The molecule has 2 fully saturated rings. The zero-order valence-corrected chi connectivity index (χ0v) is 17.8. The number of halogens is 3. The van der Waals surface area contributed by atoms with Crippen LogP contribution in [-0.4, -0.2) is 32.1 Å². The van der Waals surface area contributed by atoms with Crippen molar-refractivity contribution in [3.63, 3.8) is 0 Å². The first-order valence-corrected chi connectivity index (χ1v) is 11.3. The number of anilines is 2. The first kappa shape index (κ1) is 22.4. The van der Waals surface area contributed by atoms with Crippen LogP contribution in [0, 0.1) is 11.8 Å². The predicted molar refractivity (Wildman–Crippen MR) is 110 cm³/mol. The van der Waals surface area contributed by atoms with Crippen molar-refractivity contribution in [2.24, 2.45) is 11.8 Å². The normalized spacial score (nSPS) is 24.5. The van der Waals surface area contributed by atoms with Crippen LogP contribution in [0.2, 0.25) is 0 Å². The predicted octanol–water partition coefficient (Wildman–Crippen LogP) is 3.61. The summed E-state index contributed by atoms with van der Waals surface area (Å²) >= 11 is 0. The van der Waals surface area contributed by atoms with Crippen LogP contribution < -0.4 is 14.8 Å². The maximum atomic E-state index is 12.9. The summed E-state index contributed by atoms with van der Waals surface area (Å²) in [4.78, 5) is 12.2. The SMILES string of the molecule is COc1cc(NC(=O)C2CC3CCC32O)ccc1S(=O)(=O)Nc1cccc(C(F)(F)F)c1. The third-order valence-corrected chi connectivity index (χ3v) is 7.62. The lowest BCUT2D eigenvalue weighted by Gasteiger charge is -2.59. The molecule has 2 aromatic rings. The Morgan fingerprint density at radius 3 is 2.50 bits per heavy atom. The molecule has 4 rings (SSSR count). The van der Waals surface area contributed by atoms with Crippen molar-refractivity contribution in [1.82, 2.24) is 0 Å². The number of nitrogens with one attached hydrogen (secondary N) is 2. The van der Waals surface area contributed by atoms with Crippen molar-refractivity contribution in [2.75, 3.05) is 17.1 Å². The maximum absolute atomic E-state index is 12.9. The van der Waals surface area contributed by atoms with E-state index < -0.39 is 33.3 Å². The second kappa shape index (κ2) is 7.66. The lowest BCUT2D eigenvalue weighted by atomic mass is 9.49. The number of hydrogen-bond acceptors (Lipinski definition) is 5. The minimum Gasteiger partial charge on any atom is -0.495 e. The standard InChI is InChI=1S/C21H21F3N2O5S/c1-31-17-11-14(25-19(27)16-10-12-7-8-20(12,16)28)5-6-18(17)32(29,30)26-15-4-2-3-13(9-15)21(22,23)24/h2-6,9,11-12,16,26,28H,7-8,10H2,1H3,(H,25,27). The Kier molecular flexibility index (Phi) is 5.36. The number of rotatable bonds is 6. The molecule has 0 aliphatic heterocycles. The highest BCUT2D eigenvalue weighted by molar-refractivity contribution is 7.92. The van der Waals surface area contributed by atoms with E-state index in [1.54, 1.807) is 0 Å². The van der Waals surface area contributed by atoms with Gasteiger partial charge in [-0.05, 0) is 55.5 Å². The van der Waals surface area contributed by atoms with Crippen LogP contribution in [0.3, 0.4) is 0 Å². The highest BCUT2D eigenvalue weighted by atomic mass is 32.2. The number of aliphatic hydroxyl groups is 1. The van der Waals surface area contributed by atoms with Crippen LogP contribution in [-0.2, 0) is 21.0 Å². The summed E-state index contributed by atoms with van der Waals surface area (Å²) in [6.07, 6.45) is -2.53. The fourth-order valence-corrected chi connectivity index (χ4v) is 5.45. The second-order valence-electron chi connectivity index (χ2n) is 8.05. The Morgan fingerprint density at radius 2 is 1.94 bits per heavy atom. The van der Waals surface area contributed by atoms with Gasteiger partial charge in [0.2, 0.25) is 5.91 Å². The third kappa shape index (κ3) is 3.90. The Bertz CT molecular complexity index is 1170. The van der Waals surface area contributed by atoms with Gasteiger partial charge in [0.05, 0.1) is 24.2 Å². The summed E-state index contributed by atoms with van der Waals surface area (Å²) in [6.45, 7) is 0. The van der Waals surface area contributed by atoms with E-state index in [4.69, 9.17) is 4.74 Å². The number of amides is 1. The quantitative estimate of drug-likeness (QED) is 0.598. The number of benzene rings is 2. The minimum absolute atomic E-state index is 0.101. The van der Waals surface area contributed by atoms with Crippen LogP contribution >= 0.6 is 0 Å². The first-order chi connectivity index (χ1) is 14.9. The summed E-state index contributed by atoms with van der Waals surface area (Å²) in [5.41, 5.74) is -1.93. The Labute approximate surface area is 182 Å². The lowest BCUT2D eigenvalue weighted by Crippen LogP contribution is -2.65. The molecule has 2 aromatic carbocycles. The Hall–Kier alpha value is -2.79. The molecule has 0 heterocycles. The van der Waals surface area contributed by atoms with E-state index in [0.29, 0.717) is 18.9 Å². The summed E-state index contributed by atoms with van der Waals surface area (Å²) in [7, 11) is -3.05. The molecule has 3 N–H and O–H groups in total. The molecule has 2 aliphatic rings. The van der Waals surface area contributed by atoms with Crippen molar-refractivity contribution >= 4 is 27.3 Å². The van der Waals surface area contributed by atoms with Gasteiger partial charge >= 0.3 is 6.18 Å².